The van der Waals surface area contributed by atoms with Gasteiger partial charge in [0.2, 0.25) is 17.7 Å². The summed E-state index contributed by atoms with van der Waals surface area (Å²) in [6, 6.07) is -3.82. The highest BCUT2D eigenvalue weighted by molar-refractivity contribution is 7.98. The van der Waals surface area contributed by atoms with Crippen LogP contribution in [0.1, 0.15) is 26.0 Å². The van der Waals surface area contributed by atoms with Crippen LogP contribution in [-0.4, -0.2) is 74.9 Å². The van der Waals surface area contributed by atoms with Crippen LogP contribution in [0.2, 0.25) is 0 Å². The number of hydrogen-bond donors (Lipinski definition) is 6. The van der Waals surface area contributed by atoms with Crippen LogP contribution in [0.15, 0.2) is 12.5 Å². The number of hydrogen-bond acceptors (Lipinski definition) is 7. The molecule has 1 aromatic heterocycles. The van der Waals surface area contributed by atoms with Gasteiger partial charge in [-0.05, 0) is 32.3 Å². The lowest BCUT2D eigenvalue weighted by Crippen LogP contribution is -2.56. The van der Waals surface area contributed by atoms with Gasteiger partial charge in [-0.25, -0.2) is 4.98 Å². The third-order valence-corrected chi connectivity index (χ3v) is 4.70. The van der Waals surface area contributed by atoms with Crippen LogP contribution in [0.4, 0.5) is 0 Å². The molecule has 0 aliphatic heterocycles. The first-order valence-corrected chi connectivity index (χ1v) is 10.4. The Hall–Kier alpha value is -2.60. The fraction of sp³-hybridized carbons (Fsp3) is 0.588. The Morgan fingerprint density at radius 3 is 2.34 bits per heavy atom. The fourth-order valence-electron chi connectivity index (χ4n) is 2.29. The Labute approximate surface area is 173 Å². The van der Waals surface area contributed by atoms with Gasteiger partial charge < -0.3 is 31.8 Å². The largest absolute Gasteiger partial charge is 0.480 e. The van der Waals surface area contributed by atoms with Crippen molar-refractivity contribution in [2.45, 2.75) is 50.9 Å². The number of imidazole rings is 1. The summed E-state index contributed by atoms with van der Waals surface area (Å²) in [5, 5.41) is 16.2. The molecule has 1 aromatic rings. The van der Waals surface area contributed by atoms with Gasteiger partial charge in [0.1, 0.15) is 18.1 Å². The molecule has 1 heterocycles. The van der Waals surface area contributed by atoms with Gasteiger partial charge in [-0.3, -0.25) is 19.2 Å². The van der Waals surface area contributed by atoms with Crippen molar-refractivity contribution in [1.29, 1.82) is 0 Å². The van der Waals surface area contributed by atoms with Gasteiger partial charge in [-0.15, -0.1) is 0 Å². The number of carboxylic acids is 1. The maximum Gasteiger partial charge on any atom is 0.325 e. The number of carbonyl (C=O) groups excluding carboxylic acids is 3. The molecule has 0 radical (unpaired) electrons. The zero-order valence-electron chi connectivity index (χ0n) is 16.6. The van der Waals surface area contributed by atoms with Crippen molar-refractivity contribution in [1.82, 2.24) is 25.9 Å². The molecule has 12 heteroatoms. The maximum atomic E-state index is 12.6. The average Bonchev–Trinajstić information content (AvgIpc) is 3.17. The maximum absolute atomic E-state index is 12.6. The number of amides is 3. The normalized spacial score (nSPS) is 14.9. The van der Waals surface area contributed by atoms with Crippen molar-refractivity contribution in [3.05, 3.63) is 18.2 Å². The summed E-state index contributed by atoms with van der Waals surface area (Å²) in [6.07, 6.45) is 5.48. The molecule has 0 aliphatic carbocycles. The molecule has 0 bridgehead atoms. The minimum atomic E-state index is -1.19. The van der Waals surface area contributed by atoms with Gasteiger partial charge in [0, 0.05) is 18.3 Å². The third kappa shape index (κ3) is 8.52. The SMILES string of the molecule is CSCCC(NC(=O)C(N)Cc1cnc[nH]1)C(=O)NC(C)C(=O)NC(C)C(=O)O. The summed E-state index contributed by atoms with van der Waals surface area (Å²) < 4.78 is 0. The molecular formula is C17H28N6O5S. The molecule has 0 spiro atoms. The van der Waals surface area contributed by atoms with Crippen LogP contribution < -0.4 is 21.7 Å². The number of aromatic nitrogens is 2. The van der Waals surface area contributed by atoms with E-state index in [9.17, 15) is 19.2 Å². The van der Waals surface area contributed by atoms with E-state index in [4.69, 9.17) is 10.8 Å². The van der Waals surface area contributed by atoms with Crippen LogP contribution in [0.25, 0.3) is 0 Å². The number of aromatic amines is 1. The zero-order valence-corrected chi connectivity index (χ0v) is 17.4. The van der Waals surface area contributed by atoms with E-state index in [1.807, 2.05) is 6.26 Å². The van der Waals surface area contributed by atoms with Crippen LogP contribution in [-0.2, 0) is 25.6 Å². The van der Waals surface area contributed by atoms with E-state index in [1.165, 1.54) is 31.9 Å². The minimum Gasteiger partial charge on any atom is -0.480 e. The molecule has 0 aliphatic rings. The summed E-state index contributed by atoms with van der Waals surface area (Å²) in [5.74, 6) is -2.28. The lowest BCUT2D eigenvalue weighted by Gasteiger charge is -2.23. The second kappa shape index (κ2) is 12.1. The minimum absolute atomic E-state index is 0.231. The number of H-pyrrole nitrogens is 1. The van der Waals surface area contributed by atoms with Crippen LogP contribution in [0.3, 0.4) is 0 Å². The van der Waals surface area contributed by atoms with E-state index >= 15 is 0 Å². The van der Waals surface area contributed by atoms with Gasteiger partial charge in [0.25, 0.3) is 0 Å². The molecule has 3 amide bonds. The van der Waals surface area contributed by atoms with E-state index in [1.54, 1.807) is 6.20 Å². The number of nitrogens with two attached hydrogens (primary N) is 1. The smallest absolute Gasteiger partial charge is 0.325 e. The van der Waals surface area contributed by atoms with Gasteiger partial charge in [-0.2, -0.15) is 11.8 Å². The first-order valence-electron chi connectivity index (χ1n) is 9.01. The number of nitrogens with zero attached hydrogens (tertiary/aromatic N) is 1. The molecule has 0 fully saturated rings. The highest BCUT2D eigenvalue weighted by Crippen LogP contribution is 2.04. The van der Waals surface area contributed by atoms with Crippen molar-refractivity contribution in [3.8, 4) is 0 Å². The molecule has 0 saturated carbocycles. The molecule has 1 rings (SSSR count). The monoisotopic (exact) mass is 428 g/mol. The van der Waals surface area contributed by atoms with E-state index in [0.717, 1.165) is 0 Å². The Bertz CT molecular complexity index is 698. The number of nitrogens with one attached hydrogen (secondary N) is 4. The van der Waals surface area contributed by atoms with Crippen LogP contribution in [0.5, 0.6) is 0 Å². The Morgan fingerprint density at radius 1 is 1.14 bits per heavy atom. The molecule has 7 N–H and O–H groups in total. The predicted molar refractivity (Wildman–Crippen MR) is 108 cm³/mol. The first-order chi connectivity index (χ1) is 13.6. The molecule has 0 aromatic carbocycles. The molecule has 29 heavy (non-hydrogen) atoms. The van der Waals surface area contributed by atoms with E-state index in [-0.39, 0.29) is 6.42 Å². The Balaban J connectivity index is 2.67. The molecule has 4 atom stereocenters. The number of thioether (sulfide) groups is 1. The fourth-order valence-corrected chi connectivity index (χ4v) is 2.76. The molecule has 4 unspecified atom stereocenters. The quantitative estimate of drug-likeness (QED) is 0.235. The van der Waals surface area contributed by atoms with Crippen LogP contribution >= 0.6 is 11.8 Å². The van der Waals surface area contributed by atoms with Crippen molar-refractivity contribution in [2.75, 3.05) is 12.0 Å². The number of carboxylic acid groups (broad SMARTS) is 1. The topological polar surface area (TPSA) is 179 Å². The molecule has 11 nitrogen and oxygen atoms in total. The van der Waals surface area contributed by atoms with Gasteiger partial charge >= 0.3 is 5.97 Å². The van der Waals surface area contributed by atoms with Gasteiger partial charge in [-0.1, -0.05) is 0 Å². The average molecular weight is 429 g/mol. The number of carbonyl (C=O) groups is 4. The van der Waals surface area contributed by atoms with Crippen molar-refractivity contribution in [2.24, 2.45) is 5.73 Å². The molecule has 162 valence electrons. The van der Waals surface area contributed by atoms with Crippen molar-refractivity contribution >= 4 is 35.5 Å². The third-order valence-electron chi connectivity index (χ3n) is 4.06. The Morgan fingerprint density at radius 2 is 1.79 bits per heavy atom. The van der Waals surface area contributed by atoms with Crippen molar-refractivity contribution < 1.29 is 24.3 Å². The summed E-state index contributed by atoms with van der Waals surface area (Å²) >= 11 is 1.50. The summed E-state index contributed by atoms with van der Waals surface area (Å²) in [6.45, 7) is 2.75. The summed E-state index contributed by atoms with van der Waals surface area (Å²) in [7, 11) is 0. The highest BCUT2D eigenvalue weighted by atomic mass is 32.2. The Kier molecular flexibility index (Phi) is 10.2. The van der Waals surface area contributed by atoms with E-state index in [0.29, 0.717) is 17.9 Å². The van der Waals surface area contributed by atoms with Gasteiger partial charge in [0.15, 0.2) is 0 Å². The van der Waals surface area contributed by atoms with Gasteiger partial charge in [0.05, 0.1) is 12.4 Å². The lowest BCUT2D eigenvalue weighted by atomic mass is 10.1. The number of aliphatic carboxylic acids is 1. The standard InChI is InChI=1S/C17H28N6O5S/c1-9(14(24)22-10(2)17(27)28)21-16(26)13(4-5-29-3)23-15(25)12(18)6-11-7-19-8-20-11/h7-10,12-13H,4-6,18H2,1-3H3,(H,19,20)(H,21,26)(H,22,24)(H,23,25)(H,27,28). The second-order valence-electron chi connectivity index (χ2n) is 6.53. The van der Waals surface area contributed by atoms with E-state index < -0.39 is 47.9 Å². The second-order valence-corrected chi connectivity index (χ2v) is 7.51. The van der Waals surface area contributed by atoms with Crippen LogP contribution in [0, 0.1) is 0 Å². The first kappa shape index (κ1) is 24.4. The zero-order chi connectivity index (χ0) is 22.0. The molecular weight excluding hydrogens is 400 g/mol. The predicted octanol–water partition coefficient (Wildman–Crippen LogP) is -1.39. The lowest BCUT2D eigenvalue weighted by molar-refractivity contribution is -0.141. The molecule has 0 saturated heterocycles. The number of rotatable bonds is 12. The highest BCUT2D eigenvalue weighted by Gasteiger charge is 2.27. The van der Waals surface area contributed by atoms with Crippen molar-refractivity contribution in [3.63, 3.8) is 0 Å². The summed E-state index contributed by atoms with van der Waals surface area (Å²) in [5.41, 5.74) is 6.59. The summed E-state index contributed by atoms with van der Waals surface area (Å²) in [4.78, 5) is 54.5. The van der Waals surface area contributed by atoms with E-state index in [2.05, 4.69) is 25.9 Å².